The Kier molecular flexibility index (Phi) is 3.43. The molecule has 16 heavy (non-hydrogen) atoms. The van der Waals surface area contributed by atoms with Crippen molar-refractivity contribution in [2.75, 3.05) is 5.88 Å². The van der Waals surface area contributed by atoms with E-state index >= 15 is 0 Å². The Hall–Kier alpha value is -1.53. The summed E-state index contributed by atoms with van der Waals surface area (Å²) in [5.74, 6) is 0.462. The maximum Gasteiger partial charge on any atom is 0.0474 e. The van der Waals surface area contributed by atoms with E-state index in [0.29, 0.717) is 5.88 Å². The van der Waals surface area contributed by atoms with Crippen LogP contribution in [0.4, 0.5) is 0 Å². The van der Waals surface area contributed by atoms with E-state index in [0.717, 1.165) is 11.1 Å². The minimum atomic E-state index is 0.462. The topological polar surface area (TPSA) is 0 Å². The summed E-state index contributed by atoms with van der Waals surface area (Å²) in [6.07, 6.45) is 0. The fourth-order valence-electron chi connectivity index (χ4n) is 1.73. The van der Waals surface area contributed by atoms with E-state index in [2.05, 4.69) is 30.8 Å². The average Bonchev–Trinajstić information content (AvgIpc) is 2.39. The van der Waals surface area contributed by atoms with Crippen LogP contribution in [0.15, 0.2) is 61.2 Å². The van der Waals surface area contributed by atoms with Crippen molar-refractivity contribution in [3.05, 3.63) is 66.7 Å². The van der Waals surface area contributed by atoms with Crippen LogP contribution in [0, 0.1) is 0 Å². The third-order valence-electron chi connectivity index (χ3n) is 2.55. The Labute approximate surface area is 101 Å². The third-order valence-corrected chi connectivity index (χ3v) is 2.88. The molecule has 0 N–H and O–H groups in total. The van der Waals surface area contributed by atoms with E-state index in [1.165, 1.54) is 11.1 Å². The Morgan fingerprint density at radius 3 is 2.25 bits per heavy atom. The summed E-state index contributed by atoms with van der Waals surface area (Å²) in [4.78, 5) is 0. The molecule has 2 aromatic carbocycles. The minimum absolute atomic E-state index is 0.462. The monoisotopic (exact) mass is 228 g/mol. The molecule has 1 heteroatoms. The molecule has 0 spiro atoms. The maximum atomic E-state index is 5.85. The molecule has 0 saturated carbocycles. The van der Waals surface area contributed by atoms with Crippen LogP contribution in [0.2, 0.25) is 0 Å². The summed E-state index contributed by atoms with van der Waals surface area (Å²) in [5.41, 5.74) is 4.47. The molecule has 0 aliphatic heterocycles. The second kappa shape index (κ2) is 5.00. The second-order valence-corrected chi connectivity index (χ2v) is 3.92. The van der Waals surface area contributed by atoms with Gasteiger partial charge in [-0.25, -0.2) is 0 Å². The van der Waals surface area contributed by atoms with Gasteiger partial charge in [0.1, 0.15) is 0 Å². The second-order valence-electron chi connectivity index (χ2n) is 3.65. The molecule has 0 heterocycles. The van der Waals surface area contributed by atoms with E-state index in [9.17, 15) is 0 Å². The first-order valence-corrected chi connectivity index (χ1v) is 5.75. The van der Waals surface area contributed by atoms with E-state index in [-0.39, 0.29) is 0 Å². The highest BCUT2D eigenvalue weighted by molar-refractivity contribution is 6.23. The van der Waals surface area contributed by atoms with E-state index in [4.69, 9.17) is 11.6 Å². The normalized spacial score (nSPS) is 10.1. The molecule has 80 valence electrons. The molecule has 0 aromatic heterocycles. The zero-order chi connectivity index (χ0) is 11.4. The molecule has 0 amide bonds. The Balaban J connectivity index is 2.53. The molecule has 0 radical (unpaired) electrons. The third kappa shape index (κ3) is 2.17. The molecule has 0 aliphatic rings. The lowest BCUT2D eigenvalue weighted by Gasteiger charge is -2.10. The number of alkyl halides is 1. The molecular weight excluding hydrogens is 216 g/mol. The summed E-state index contributed by atoms with van der Waals surface area (Å²) in [6.45, 7) is 4.00. The van der Waals surface area contributed by atoms with Gasteiger partial charge in [0.25, 0.3) is 0 Å². The molecule has 0 bridgehead atoms. The Bertz CT molecular complexity index is 486. The van der Waals surface area contributed by atoms with Crippen molar-refractivity contribution in [1.82, 2.24) is 0 Å². The van der Waals surface area contributed by atoms with Crippen molar-refractivity contribution in [2.45, 2.75) is 0 Å². The quantitative estimate of drug-likeness (QED) is 0.674. The summed E-state index contributed by atoms with van der Waals surface area (Å²) in [6, 6.07) is 18.5. The predicted octanol–water partition coefficient (Wildman–Crippen LogP) is 4.61. The van der Waals surface area contributed by atoms with Gasteiger partial charge in [-0.1, -0.05) is 61.2 Å². The zero-order valence-electron chi connectivity index (χ0n) is 8.99. The van der Waals surface area contributed by atoms with E-state index < -0.39 is 0 Å². The standard InChI is InChI=1S/C15H13Cl/c1-12(11-16)14-9-5-6-10-15(14)13-7-3-2-4-8-13/h2-10H,1,11H2. The van der Waals surface area contributed by atoms with Crippen LogP contribution in [-0.2, 0) is 0 Å². The van der Waals surface area contributed by atoms with Gasteiger partial charge >= 0.3 is 0 Å². The molecule has 0 fully saturated rings. The highest BCUT2D eigenvalue weighted by Gasteiger charge is 2.05. The van der Waals surface area contributed by atoms with Gasteiger partial charge in [-0.2, -0.15) is 0 Å². The SMILES string of the molecule is C=C(CCl)c1ccccc1-c1ccccc1. The van der Waals surface area contributed by atoms with Crippen LogP contribution in [0.1, 0.15) is 5.56 Å². The van der Waals surface area contributed by atoms with Crippen molar-refractivity contribution >= 4 is 17.2 Å². The lowest BCUT2D eigenvalue weighted by atomic mass is 9.96. The van der Waals surface area contributed by atoms with Gasteiger partial charge in [0.2, 0.25) is 0 Å². The molecule has 0 atom stereocenters. The lowest BCUT2D eigenvalue weighted by Crippen LogP contribution is -1.89. The fraction of sp³-hybridized carbons (Fsp3) is 0.0667. The fourth-order valence-corrected chi connectivity index (χ4v) is 1.88. The van der Waals surface area contributed by atoms with Gasteiger partial charge in [-0.3, -0.25) is 0 Å². The van der Waals surface area contributed by atoms with Gasteiger partial charge in [0, 0.05) is 5.88 Å². The molecule has 0 unspecified atom stereocenters. The summed E-state index contributed by atoms with van der Waals surface area (Å²) >= 11 is 5.85. The van der Waals surface area contributed by atoms with Crippen molar-refractivity contribution in [3.63, 3.8) is 0 Å². The van der Waals surface area contributed by atoms with Crippen LogP contribution in [0.5, 0.6) is 0 Å². The van der Waals surface area contributed by atoms with Crippen LogP contribution < -0.4 is 0 Å². The first-order valence-electron chi connectivity index (χ1n) is 5.21. The van der Waals surface area contributed by atoms with Crippen molar-refractivity contribution in [2.24, 2.45) is 0 Å². The van der Waals surface area contributed by atoms with Crippen LogP contribution >= 0.6 is 11.6 Å². The van der Waals surface area contributed by atoms with Gasteiger partial charge in [-0.05, 0) is 22.3 Å². The molecule has 2 rings (SSSR count). The molecule has 0 nitrogen and oxygen atoms in total. The minimum Gasteiger partial charge on any atom is -0.122 e. The number of hydrogen-bond donors (Lipinski definition) is 0. The Morgan fingerprint density at radius 2 is 1.56 bits per heavy atom. The zero-order valence-corrected chi connectivity index (χ0v) is 9.74. The number of allylic oxidation sites excluding steroid dienone is 1. The van der Waals surface area contributed by atoms with E-state index in [1.54, 1.807) is 0 Å². The number of rotatable bonds is 3. The van der Waals surface area contributed by atoms with Crippen molar-refractivity contribution in [3.8, 4) is 11.1 Å². The Morgan fingerprint density at radius 1 is 0.938 bits per heavy atom. The summed E-state index contributed by atoms with van der Waals surface area (Å²) < 4.78 is 0. The maximum absolute atomic E-state index is 5.85. The van der Waals surface area contributed by atoms with Crippen LogP contribution in [0.3, 0.4) is 0 Å². The van der Waals surface area contributed by atoms with Crippen LogP contribution in [-0.4, -0.2) is 5.88 Å². The number of halogens is 1. The predicted molar refractivity (Wildman–Crippen MR) is 71.6 cm³/mol. The average molecular weight is 229 g/mol. The summed E-state index contributed by atoms with van der Waals surface area (Å²) in [5, 5.41) is 0. The van der Waals surface area contributed by atoms with Gasteiger partial charge in [-0.15, -0.1) is 11.6 Å². The van der Waals surface area contributed by atoms with Crippen molar-refractivity contribution in [1.29, 1.82) is 0 Å². The summed E-state index contributed by atoms with van der Waals surface area (Å²) in [7, 11) is 0. The lowest BCUT2D eigenvalue weighted by molar-refractivity contribution is 1.55. The number of hydrogen-bond acceptors (Lipinski definition) is 0. The van der Waals surface area contributed by atoms with Crippen LogP contribution in [0.25, 0.3) is 16.7 Å². The highest BCUT2D eigenvalue weighted by atomic mass is 35.5. The smallest absolute Gasteiger partial charge is 0.0474 e. The van der Waals surface area contributed by atoms with Gasteiger partial charge in [0.05, 0.1) is 0 Å². The molecule has 0 saturated heterocycles. The first kappa shape index (κ1) is 11.0. The highest BCUT2D eigenvalue weighted by Crippen LogP contribution is 2.28. The largest absolute Gasteiger partial charge is 0.122 e. The van der Waals surface area contributed by atoms with Crippen molar-refractivity contribution < 1.29 is 0 Å². The van der Waals surface area contributed by atoms with E-state index in [1.807, 2.05) is 30.3 Å². The first-order chi connectivity index (χ1) is 7.83. The number of benzene rings is 2. The molecule has 0 aliphatic carbocycles. The van der Waals surface area contributed by atoms with Gasteiger partial charge in [0.15, 0.2) is 0 Å². The van der Waals surface area contributed by atoms with Gasteiger partial charge < -0.3 is 0 Å². The molecule has 2 aromatic rings. The molecular formula is C15H13Cl.